The number of rotatable bonds is 6. The molecule has 0 unspecified atom stereocenters. The van der Waals surface area contributed by atoms with Gasteiger partial charge >= 0.3 is 0 Å². The van der Waals surface area contributed by atoms with Crippen molar-refractivity contribution in [2.45, 2.75) is 13.0 Å². The summed E-state index contributed by atoms with van der Waals surface area (Å²) in [7, 11) is -3.82. The first kappa shape index (κ1) is 22.8. The highest BCUT2D eigenvalue weighted by Gasteiger charge is 2.30. The first-order chi connectivity index (χ1) is 14.0. The maximum Gasteiger partial charge on any atom is 0.249 e. The molecule has 2 aromatic carbocycles. The summed E-state index contributed by atoms with van der Waals surface area (Å²) >= 11 is 19.0. The predicted molar refractivity (Wildman–Crippen MR) is 122 cm³/mol. The van der Waals surface area contributed by atoms with E-state index in [0.717, 1.165) is 27.5 Å². The highest BCUT2D eigenvalue weighted by molar-refractivity contribution is 7.92. The molecule has 3 aromatic rings. The number of nitrogens with zero attached hydrogens (tertiary/aromatic N) is 3. The van der Waals surface area contributed by atoms with Gasteiger partial charge in [0.05, 0.1) is 11.9 Å². The molecule has 1 heterocycles. The number of hydrogen-bond donors (Lipinski definition) is 1. The fourth-order valence-corrected chi connectivity index (χ4v) is 5.22. The smallest absolute Gasteiger partial charge is 0.249 e. The third-order valence-corrected chi connectivity index (χ3v) is 6.75. The second-order valence-corrected chi connectivity index (χ2v) is 10.4. The highest BCUT2D eigenvalue weighted by Crippen LogP contribution is 2.30. The van der Waals surface area contributed by atoms with Crippen molar-refractivity contribution in [1.29, 1.82) is 0 Å². The van der Waals surface area contributed by atoms with Crippen LogP contribution in [0.5, 0.6) is 0 Å². The number of carbonyl (C=O) groups excluding carboxylic acids is 1. The molecule has 158 valence electrons. The number of sulfonamides is 1. The second-order valence-electron chi connectivity index (χ2n) is 6.27. The van der Waals surface area contributed by atoms with Crippen LogP contribution in [0.25, 0.3) is 10.6 Å². The average Bonchev–Trinajstić information content (AvgIpc) is 3.08. The Morgan fingerprint density at radius 2 is 1.63 bits per heavy atom. The van der Waals surface area contributed by atoms with Crippen molar-refractivity contribution in [3.63, 3.8) is 0 Å². The van der Waals surface area contributed by atoms with Crippen molar-refractivity contribution >= 4 is 72.9 Å². The summed E-state index contributed by atoms with van der Waals surface area (Å²) in [4.78, 5) is 12.8. The molecule has 1 aromatic heterocycles. The minimum Gasteiger partial charge on any atom is -0.299 e. The standard InChI is InChI=1S/C18H15Cl3N4O3S2/c1-10(25(30(2,27)28)15-8-13(20)7-14(21)9-15)16(26)22-18-24-23-17(29-18)11-3-5-12(19)6-4-11/h3-10H,1-2H3,(H,22,24,26)/t10-/m0/s1. The number of benzene rings is 2. The lowest BCUT2D eigenvalue weighted by Crippen LogP contribution is -2.45. The summed E-state index contributed by atoms with van der Waals surface area (Å²) in [5.74, 6) is -0.588. The summed E-state index contributed by atoms with van der Waals surface area (Å²) in [6, 6.07) is 10.2. The van der Waals surface area contributed by atoms with E-state index in [1.807, 2.05) is 0 Å². The lowest BCUT2D eigenvalue weighted by molar-refractivity contribution is -0.116. The lowest BCUT2D eigenvalue weighted by Gasteiger charge is -2.28. The number of carbonyl (C=O) groups is 1. The first-order valence-corrected chi connectivity index (χ1v) is 12.2. The number of amides is 1. The molecule has 0 radical (unpaired) electrons. The molecule has 0 aliphatic heterocycles. The van der Waals surface area contributed by atoms with E-state index in [1.165, 1.54) is 25.1 Å². The van der Waals surface area contributed by atoms with Crippen LogP contribution >= 0.6 is 46.1 Å². The number of anilines is 2. The van der Waals surface area contributed by atoms with Crippen LogP contribution in [0, 0.1) is 0 Å². The molecular formula is C18H15Cl3N4O3S2. The van der Waals surface area contributed by atoms with Crippen molar-refractivity contribution in [1.82, 2.24) is 10.2 Å². The molecule has 12 heteroatoms. The molecule has 0 saturated carbocycles. The summed E-state index contributed by atoms with van der Waals surface area (Å²) in [6.07, 6.45) is 0.995. The molecule has 0 aliphatic rings. The Hall–Kier alpha value is -1.91. The van der Waals surface area contributed by atoms with Gasteiger partial charge in [-0.25, -0.2) is 8.42 Å². The second kappa shape index (κ2) is 9.07. The molecule has 0 spiro atoms. The van der Waals surface area contributed by atoms with Gasteiger partial charge in [0.1, 0.15) is 11.0 Å². The Balaban J connectivity index is 1.83. The summed E-state index contributed by atoms with van der Waals surface area (Å²) < 4.78 is 25.7. The molecule has 1 N–H and O–H groups in total. The zero-order valence-electron chi connectivity index (χ0n) is 15.6. The van der Waals surface area contributed by atoms with Crippen LogP contribution in [0.3, 0.4) is 0 Å². The van der Waals surface area contributed by atoms with Gasteiger partial charge in [-0.05, 0) is 37.3 Å². The Bertz CT molecular complexity index is 1160. The predicted octanol–water partition coefficient (Wildman–Crippen LogP) is 4.96. The summed E-state index contributed by atoms with van der Waals surface area (Å²) in [5.41, 5.74) is 0.966. The normalized spacial score (nSPS) is 12.4. The van der Waals surface area contributed by atoms with Crippen LogP contribution in [-0.2, 0) is 14.8 Å². The topological polar surface area (TPSA) is 92.3 Å². The largest absolute Gasteiger partial charge is 0.299 e. The number of hydrogen-bond acceptors (Lipinski definition) is 6. The van der Waals surface area contributed by atoms with Gasteiger partial charge in [-0.15, -0.1) is 10.2 Å². The van der Waals surface area contributed by atoms with E-state index in [0.29, 0.717) is 10.0 Å². The Labute approximate surface area is 192 Å². The van der Waals surface area contributed by atoms with Gasteiger partial charge in [0.15, 0.2) is 0 Å². The minimum absolute atomic E-state index is 0.178. The maximum absolute atomic E-state index is 12.8. The van der Waals surface area contributed by atoms with E-state index < -0.39 is 22.0 Å². The molecule has 30 heavy (non-hydrogen) atoms. The number of aromatic nitrogens is 2. The molecule has 7 nitrogen and oxygen atoms in total. The third-order valence-electron chi connectivity index (χ3n) is 3.94. The van der Waals surface area contributed by atoms with Crippen molar-refractivity contribution in [2.75, 3.05) is 15.9 Å². The molecule has 3 rings (SSSR count). The van der Waals surface area contributed by atoms with E-state index in [2.05, 4.69) is 15.5 Å². The van der Waals surface area contributed by atoms with Gasteiger partial charge in [-0.3, -0.25) is 14.4 Å². The zero-order chi connectivity index (χ0) is 22.1. The van der Waals surface area contributed by atoms with E-state index in [-0.39, 0.29) is 20.9 Å². The van der Waals surface area contributed by atoms with Crippen LogP contribution in [0.1, 0.15) is 6.92 Å². The van der Waals surface area contributed by atoms with Crippen LogP contribution in [0.4, 0.5) is 10.8 Å². The highest BCUT2D eigenvalue weighted by atomic mass is 35.5. The lowest BCUT2D eigenvalue weighted by atomic mass is 10.2. The van der Waals surface area contributed by atoms with Crippen molar-refractivity contribution in [3.8, 4) is 10.6 Å². The van der Waals surface area contributed by atoms with Crippen molar-refractivity contribution < 1.29 is 13.2 Å². The molecule has 0 aliphatic carbocycles. The quantitative estimate of drug-likeness (QED) is 0.511. The van der Waals surface area contributed by atoms with E-state index in [9.17, 15) is 13.2 Å². The average molecular weight is 506 g/mol. The molecule has 0 saturated heterocycles. The van der Waals surface area contributed by atoms with Crippen LogP contribution in [0.15, 0.2) is 42.5 Å². The molecule has 0 fully saturated rings. The zero-order valence-corrected chi connectivity index (χ0v) is 19.5. The van der Waals surface area contributed by atoms with Gasteiger partial charge in [-0.2, -0.15) is 0 Å². The Morgan fingerprint density at radius 3 is 2.20 bits per heavy atom. The fraction of sp³-hybridized carbons (Fsp3) is 0.167. The van der Waals surface area contributed by atoms with Gasteiger partial charge < -0.3 is 0 Å². The summed E-state index contributed by atoms with van der Waals surface area (Å²) in [5, 5.41) is 12.5. The van der Waals surface area contributed by atoms with Gasteiger partial charge in [-0.1, -0.05) is 58.3 Å². The summed E-state index contributed by atoms with van der Waals surface area (Å²) in [6.45, 7) is 1.45. The SMILES string of the molecule is C[C@@H](C(=O)Nc1nnc(-c2ccc(Cl)cc2)s1)N(c1cc(Cl)cc(Cl)c1)S(C)(=O)=O. The van der Waals surface area contributed by atoms with Gasteiger partial charge in [0.25, 0.3) is 0 Å². The van der Waals surface area contributed by atoms with Crippen LogP contribution in [0.2, 0.25) is 15.1 Å². The maximum atomic E-state index is 12.8. The van der Waals surface area contributed by atoms with Crippen LogP contribution < -0.4 is 9.62 Å². The third kappa shape index (κ3) is 5.41. The van der Waals surface area contributed by atoms with E-state index in [1.54, 1.807) is 24.3 Å². The van der Waals surface area contributed by atoms with Gasteiger partial charge in [0, 0.05) is 20.6 Å². The Morgan fingerprint density at radius 1 is 1.03 bits per heavy atom. The van der Waals surface area contributed by atoms with E-state index >= 15 is 0 Å². The van der Waals surface area contributed by atoms with E-state index in [4.69, 9.17) is 34.8 Å². The number of nitrogens with one attached hydrogen (secondary N) is 1. The van der Waals surface area contributed by atoms with Gasteiger partial charge in [0.2, 0.25) is 21.1 Å². The van der Waals surface area contributed by atoms with Crippen LogP contribution in [-0.4, -0.2) is 36.8 Å². The minimum atomic E-state index is -3.82. The molecule has 0 bridgehead atoms. The number of halogens is 3. The monoisotopic (exact) mass is 504 g/mol. The molecule has 1 atom stereocenters. The van der Waals surface area contributed by atoms with Crippen molar-refractivity contribution in [2.24, 2.45) is 0 Å². The molecule has 1 amide bonds. The molecular weight excluding hydrogens is 491 g/mol. The van der Waals surface area contributed by atoms with Crippen molar-refractivity contribution in [3.05, 3.63) is 57.5 Å². The first-order valence-electron chi connectivity index (χ1n) is 8.40. The fourth-order valence-electron chi connectivity index (χ4n) is 2.67. The Kier molecular flexibility index (Phi) is 6.88.